The lowest BCUT2D eigenvalue weighted by atomic mass is 9.82. The van der Waals surface area contributed by atoms with Crippen LogP contribution in [0.25, 0.3) is 0 Å². The van der Waals surface area contributed by atoms with Crippen molar-refractivity contribution in [3.63, 3.8) is 0 Å². The second kappa shape index (κ2) is 9.35. The van der Waals surface area contributed by atoms with Crippen LogP contribution in [0, 0.1) is 11.7 Å². The number of benzene rings is 1. The van der Waals surface area contributed by atoms with Gasteiger partial charge >= 0.3 is 5.97 Å². The lowest BCUT2D eigenvalue weighted by molar-refractivity contribution is -0.958. The summed E-state index contributed by atoms with van der Waals surface area (Å²) in [7, 11) is 0. The first-order valence-corrected chi connectivity index (χ1v) is 12.4. The molecule has 3 aliphatic rings. The van der Waals surface area contributed by atoms with Crippen molar-refractivity contribution < 1.29 is 40.5 Å². The van der Waals surface area contributed by atoms with Crippen LogP contribution >= 0.6 is 22.7 Å². The Morgan fingerprint density at radius 3 is 2.19 bits per heavy atom. The van der Waals surface area contributed by atoms with Crippen molar-refractivity contribution in [2.45, 2.75) is 31.1 Å². The molecule has 0 aliphatic carbocycles. The molecule has 32 heavy (non-hydrogen) atoms. The number of aliphatic hydroxyl groups is 1. The predicted molar refractivity (Wildman–Crippen MR) is 119 cm³/mol. The lowest BCUT2D eigenvalue weighted by Crippen LogP contribution is -3.00. The molecule has 3 fully saturated rings. The zero-order valence-corrected chi connectivity index (χ0v) is 20.7. The minimum absolute atomic E-state index is 0. The maximum atomic E-state index is 13.4. The summed E-state index contributed by atoms with van der Waals surface area (Å²) in [5, 5.41) is 15.3. The number of halogens is 2. The van der Waals surface area contributed by atoms with Crippen LogP contribution in [-0.2, 0) is 21.7 Å². The number of esters is 1. The normalized spacial score (nSPS) is 24.7. The van der Waals surface area contributed by atoms with E-state index in [-0.39, 0.29) is 28.9 Å². The zero-order chi connectivity index (χ0) is 21.5. The van der Waals surface area contributed by atoms with Crippen LogP contribution in [0.4, 0.5) is 4.39 Å². The first kappa shape index (κ1) is 23.6. The van der Waals surface area contributed by atoms with E-state index in [4.69, 9.17) is 4.74 Å². The molecular formula is C24H25BrFNO3S2. The molecule has 170 valence electrons. The summed E-state index contributed by atoms with van der Waals surface area (Å²) < 4.78 is 20.2. The Morgan fingerprint density at radius 2 is 1.66 bits per heavy atom. The molecule has 0 amide bonds. The molecule has 1 N–H and O–H groups in total. The van der Waals surface area contributed by atoms with Crippen LogP contribution in [-0.4, -0.2) is 41.3 Å². The van der Waals surface area contributed by atoms with Crippen molar-refractivity contribution >= 4 is 28.6 Å². The smallest absolute Gasteiger partial charge is 0.349 e. The van der Waals surface area contributed by atoms with Crippen molar-refractivity contribution in [3.8, 4) is 0 Å². The first-order valence-electron chi connectivity index (χ1n) is 10.6. The van der Waals surface area contributed by atoms with Crippen LogP contribution in [0.3, 0.4) is 0 Å². The minimum atomic E-state index is -1.77. The SMILES string of the molecule is O=C(O[C@H]1C[N+]2(Cc3ccc(F)cc3)CCC1CC2)C(O)(c1cccs1)c1cccs1.[Br-]. The summed E-state index contributed by atoms with van der Waals surface area (Å²) in [4.78, 5) is 14.6. The Kier molecular flexibility index (Phi) is 6.89. The molecule has 3 aromatic rings. The summed E-state index contributed by atoms with van der Waals surface area (Å²) in [6.45, 7) is 3.62. The fraction of sp³-hybridized carbons (Fsp3) is 0.375. The molecule has 0 radical (unpaired) electrons. The highest BCUT2D eigenvalue weighted by atomic mass is 79.9. The number of piperidine rings is 3. The van der Waals surface area contributed by atoms with Crippen molar-refractivity contribution in [2.75, 3.05) is 19.6 Å². The summed E-state index contributed by atoms with van der Waals surface area (Å²) in [5.41, 5.74) is -0.670. The molecule has 2 bridgehead atoms. The average Bonchev–Trinajstić information content (AvgIpc) is 3.50. The van der Waals surface area contributed by atoms with Gasteiger partial charge in [-0.1, -0.05) is 24.3 Å². The largest absolute Gasteiger partial charge is 1.00 e. The van der Waals surface area contributed by atoms with Crippen LogP contribution in [0.2, 0.25) is 0 Å². The molecule has 3 saturated heterocycles. The zero-order valence-electron chi connectivity index (χ0n) is 17.5. The highest BCUT2D eigenvalue weighted by molar-refractivity contribution is 7.12. The molecule has 4 nitrogen and oxygen atoms in total. The van der Waals surface area contributed by atoms with Crippen molar-refractivity contribution in [1.82, 2.24) is 0 Å². The van der Waals surface area contributed by atoms with Crippen LogP contribution < -0.4 is 17.0 Å². The highest BCUT2D eigenvalue weighted by Gasteiger charge is 2.51. The lowest BCUT2D eigenvalue weighted by Gasteiger charge is -2.52. The summed E-state index contributed by atoms with van der Waals surface area (Å²) in [6.07, 6.45) is 1.77. The molecule has 2 aromatic heterocycles. The summed E-state index contributed by atoms with van der Waals surface area (Å²) in [5.74, 6) is -0.487. The maximum Gasteiger partial charge on any atom is 0.349 e. The Hall–Kier alpha value is -1.58. The van der Waals surface area contributed by atoms with E-state index in [1.165, 1.54) is 34.8 Å². The molecule has 0 spiro atoms. The number of hydrogen-bond donors (Lipinski definition) is 1. The molecule has 0 unspecified atom stereocenters. The molecule has 1 aromatic carbocycles. The number of hydrogen-bond acceptors (Lipinski definition) is 5. The fourth-order valence-corrected chi connectivity index (χ4v) is 6.78. The van der Waals surface area contributed by atoms with Gasteiger partial charge in [-0.15, -0.1) is 22.7 Å². The Bertz CT molecular complexity index is 998. The number of ether oxygens (including phenoxy) is 1. The number of quaternary nitrogens is 1. The van der Waals surface area contributed by atoms with E-state index in [9.17, 15) is 14.3 Å². The van der Waals surface area contributed by atoms with Crippen LogP contribution in [0.5, 0.6) is 0 Å². The molecule has 3 aliphatic heterocycles. The van der Waals surface area contributed by atoms with E-state index in [2.05, 4.69) is 0 Å². The third-order valence-corrected chi connectivity index (χ3v) is 8.74. The van der Waals surface area contributed by atoms with E-state index in [1.54, 1.807) is 12.1 Å². The van der Waals surface area contributed by atoms with Gasteiger partial charge in [0.2, 0.25) is 5.60 Å². The van der Waals surface area contributed by atoms with Crippen molar-refractivity contribution in [1.29, 1.82) is 0 Å². The second-order valence-corrected chi connectivity index (χ2v) is 10.6. The number of carbonyl (C=O) groups excluding carboxylic acids is 1. The molecular weight excluding hydrogens is 513 g/mol. The molecule has 1 atom stereocenters. The maximum absolute atomic E-state index is 13.4. The van der Waals surface area contributed by atoms with Gasteiger partial charge in [-0.3, -0.25) is 0 Å². The number of nitrogens with zero attached hydrogens (tertiary/aromatic N) is 1. The third kappa shape index (κ3) is 4.31. The van der Waals surface area contributed by atoms with Gasteiger partial charge in [-0.05, 0) is 35.0 Å². The highest BCUT2D eigenvalue weighted by Crippen LogP contribution is 2.41. The molecule has 6 rings (SSSR count). The second-order valence-electron chi connectivity index (χ2n) is 8.70. The van der Waals surface area contributed by atoms with Gasteiger partial charge in [-0.25, -0.2) is 9.18 Å². The monoisotopic (exact) mass is 537 g/mol. The first-order chi connectivity index (χ1) is 15.0. The van der Waals surface area contributed by atoms with Crippen LogP contribution in [0.1, 0.15) is 28.2 Å². The van der Waals surface area contributed by atoms with E-state index >= 15 is 0 Å². The summed E-state index contributed by atoms with van der Waals surface area (Å²) in [6, 6.07) is 13.9. The summed E-state index contributed by atoms with van der Waals surface area (Å²) >= 11 is 2.71. The number of fused-ring (bicyclic) bond motifs is 3. The van der Waals surface area contributed by atoms with E-state index in [0.29, 0.717) is 15.7 Å². The van der Waals surface area contributed by atoms with Gasteiger partial charge in [0.25, 0.3) is 0 Å². The Balaban J connectivity index is 0.00000245. The standard InChI is InChI=1S/C24H25FNO3S2.BrH/c25-19-7-5-17(6-8-19)15-26-11-9-18(10-12-26)20(16-26)29-23(27)24(28,21-3-1-13-30-21)22-4-2-14-31-22;/h1-8,13-14,18,20,28H,9-12,15-16H2;1H/q+1;/p-1/t18?,20-,26?;/m0./s1. The average molecular weight is 539 g/mol. The third-order valence-electron chi connectivity index (χ3n) is 6.78. The molecule has 8 heteroatoms. The number of thiophene rings is 2. The molecule has 0 saturated carbocycles. The van der Waals surface area contributed by atoms with E-state index in [0.717, 1.165) is 49.1 Å². The fourth-order valence-electron chi connectivity index (χ4n) is 5.07. The van der Waals surface area contributed by atoms with Gasteiger partial charge in [-0.2, -0.15) is 0 Å². The molecule has 5 heterocycles. The van der Waals surface area contributed by atoms with Gasteiger partial charge in [0, 0.05) is 24.3 Å². The number of rotatable bonds is 6. The van der Waals surface area contributed by atoms with Gasteiger partial charge in [0.1, 0.15) is 18.9 Å². The number of carbonyl (C=O) groups is 1. The van der Waals surface area contributed by atoms with Crippen LogP contribution in [0.15, 0.2) is 59.3 Å². The van der Waals surface area contributed by atoms with Gasteiger partial charge < -0.3 is 31.3 Å². The van der Waals surface area contributed by atoms with Gasteiger partial charge in [0.05, 0.1) is 22.8 Å². The predicted octanol–water partition coefficient (Wildman–Crippen LogP) is 1.54. The van der Waals surface area contributed by atoms with Crippen molar-refractivity contribution in [3.05, 3.63) is 80.4 Å². The van der Waals surface area contributed by atoms with E-state index < -0.39 is 11.6 Å². The van der Waals surface area contributed by atoms with E-state index in [1.807, 2.05) is 35.0 Å². The van der Waals surface area contributed by atoms with Gasteiger partial charge in [0.15, 0.2) is 6.10 Å². The quantitative estimate of drug-likeness (QED) is 0.383. The minimum Gasteiger partial charge on any atom is -1.00 e. The Morgan fingerprint density at radius 1 is 1.06 bits per heavy atom. The topological polar surface area (TPSA) is 46.5 Å². The van der Waals surface area contributed by atoms with Crippen molar-refractivity contribution in [2.24, 2.45) is 5.92 Å². The Labute approximate surface area is 205 Å².